The van der Waals surface area contributed by atoms with Crippen LogP contribution in [0.3, 0.4) is 0 Å². The molecule has 2 aromatic rings. The molecule has 0 radical (unpaired) electrons. The number of nitrogens with zero attached hydrogens (tertiary/aromatic N) is 1. The van der Waals surface area contributed by atoms with E-state index in [0.717, 1.165) is 35.1 Å². The van der Waals surface area contributed by atoms with Crippen molar-refractivity contribution in [2.75, 3.05) is 13.2 Å². The van der Waals surface area contributed by atoms with Crippen molar-refractivity contribution in [2.45, 2.75) is 26.8 Å². The first-order valence-electron chi connectivity index (χ1n) is 8.27. The van der Waals surface area contributed by atoms with Crippen molar-refractivity contribution in [2.24, 2.45) is 0 Å². The first-order valence-corrected chi connectivity index (χ1v) is 8.27. The first kappa shape index (κ1) is 18.0. The number of ketones is 1. The lowest BCUT2D eigenvalue weighted by atomic mass is 10.1. The molecule has 0 fully saturated rings. The van der Waals surface area contributed by atoms with Gasteiger partial charge in [-0.3, -0.25) is 4.79 Å². The molecule has 0 aliphatic rings. The third kappa shape index (κ3) is 4.33. The van der Waals surface area contributed by atoms with Crippen molar-refractivity contribution in [3.05, 3.63) is 72.5 Å². The van der Waals surface area contributed by atoms with Gasteiger partial charge in [-0.1, -0.05) is 55.2 Å². The molecule has 3 heteroatoms. The Balaban J connectivity index is 1.95. The summed E-state index contributed by atoms with van der Waals surface area (Å²) in [5.74, 6) is 0.122. The summed E-state index contributed by atoms with van der Waals surface area (Å²) in [7, 11) is 0. The van der Waals surface area contributed by atoms with E-state index in [2.05, 4.69) is 17.2 Å². The number of rotatable bonds is 9. The molecular weight excluding hydrogens is 298 g/mol. The number of para-hydroxylation sites is 1. The summed E-state index contributed by atoms with van der Waals surface area (Å²) in [6.45, 7) is 9.41. The third-order valence-corrected chi connectivity index (χ3v) is 3.96. The molecule has 0 amide bonds. The normalized spacial score (nSPS) is 11.8. The van der Waals surface area contributed by atoms with Crippen LogP contribution in [0.5, 0.6) is 0 Å². The molecule has 3 nitrogen and oxygen atoms in total. The summed E-state index contributed by atoms with van der Waals surface area (Å²) in [5, 5.41) is 1.04. The molecule has 0 bridgehead atoms. The SMILES string of the molecule is C=C/C=C\C=C/COCCCn1c(C)c(C(C)=O)c2ccccc21. The van der Waals surface area contributed by atoms with Crippen molar-refractivity contribution < 1.29 is 9.53 Å². The minimum absolute atomic E-state index is 0.122. The second-order valence-electron chi connectivity index (χ2n) is 5.66. The number of carbonyl (C=O) groups is 1. The van der Waals surface area contributed by atoms with Crippen molar-refractivity contribution in [3.8, 4) is 0 Å². The van der Waals surface area contributed by atoms with Gasteiger partial charge in [0.25, 0.3) is 0 Å². The Labute approximate surface area is 143 Å². The molecular formula is C21H25NO2. The maximum atomic E-state index is 12.0. The zero-order valence-corrected chi connectivity index (χ0v) is 14.5. The van der Waals surface area contributed by atoms with E-state index in [9.17, 15) is 4.79 Å². The monoisotopic (exact) mass is 323 g/mol. The van der Waals surface area contributed by atoms with Crippen LogP contribution in [0.2, 0.25) is 0 Å². The number of carbonyl (C=O) groups excluding carboxylic acids is 1. The predicted molar refractivity (Wildman–Crippen MR) is 101 cm³/mol. The largest absolute Gasteiger partial charge is 0.377 e. The molecule has 0 atom stereocenters. The highest BCUT2D eigenvalue weighted by Crippen LogP contribution is 2.26. The highest BCUT2D eigenvalue weighted by molar-refractivity contribution is 6.08. The number of aryl methyl sites for hydroxylation is 1. The van der Waals surface area contributed by atoms with Gasteiger partial charge in [-0.25, -0.2) is 0 Å². The maximum absolute atomic E-state index is 12.0. The van der Waals surface area contributed by atoms with Gasteiger partial charge in [0, 0.05) is 35.3 Å². The Morgan fingerprint density at radius 1 is 1.25 bits per heavy atom. The molecule has 0 N–H and O–H groups in total. The van der Waals surface area contributed by atoms with Crippen molar-refractivity contribution in [1.82, 2.24) is 4.57 Å². The van der Waals surface area contributed by atoms with Crippen molar-refractivity contribution >= 4 is 16.7 Å². The number of fused-ring (bicyclic) bond motifs is 1. The lowest BCUT2D eigenvalue weighted by molar-refractivity contribution is 0.101. The number of hydrogen-bond acceptors (Lipinski definition) is 2. The van der Waals surface area contributed by atoms with Gasteiger partial charge >= 0.3 is 0 Å². The minimum atomic E-state index is 0.122. The van der Waals surface area contributed by atoms with Crippen LogP contribution in [0.15, 0.2) is 61.2 Å². The van der Waals surface area contributed by atoms with Crippen LogP contribution in [0.1, 0.15) is 29.4 Å². The van der Waals surface area contributed by atoms with E-state index >= 15 is 0 Å². The van der Waals surface area contributed by atoms with Crippen molar-refractivity contribution in [3.63, 3.8) is 0 Å². The van der Waals surface area contributed by atoms with Crippen LogP contribution in [0, 0.1) is 6.92 Å². The lowest BCUT2D eigenvalue weighted by Gasteiger charge is -2.08. The van der Waals surface area contributed by atoms with E-state index in [1.54, 1.807) is 13.0 Å². The van der Waals surface area contributed by atoms with Gasteiger partial charge in [0.2, 0.25) is 0 Å². The number of hydrogen-bond donors (Lipinski definition) is 0. The van der Waals surface area contributed by atoms with E-state index in [4.69, 9.17) is 4.74 Å². The smallest absolute Gasteiger partial charge is 0.162 e. The number of Topliss-reactive ketones (excluding diaryl/α,β-unsaturated/α-hetero) is 1. The molecule has 0 aliphatic heterocycles. The Hall–Kier alpha value is -2.39. The Bertz CT molecular complexity index is 765. The van der Waals surface area contributed by atoms with Gasteiger partial charge in [-0.05, 0) is 26.3 Å². The van der Waals surface area contributed by atoms with Gasteiger partial charge in [0.05, 0.1) is 6.61 Å². The van der Waals surface area contributed by atoms with Crippen molar-refractivity contribution in [1.29, 1.82) is 0 Å². The standard InChI is InChI=1S/C21H25NO2/c1-4-5-6-7-10-15-24-16-11-14-22-17(2)21(18(3)23)19-12-8-9-13-20(19)22/h4-10,12-13H,1,11,14-16H2,2-3H3/b6-5-,10-7-. The fourth-order valence-corrected chi connectivity index (χ4v) is 2.92. The molecule has 1 aromatic heterocycles. The zero-order chi connectivity index (χ0) is 17.4. The van der Waals surface area contributed by atoms with E-state index in [1.165, 1.54) is 0 Å². The van der Waals surface area contributed by atoms with E-state index < -0.39 is 0 Å². The highest BCUT2D eigenvalue weighted by atomic mass is 16.5. The summed E-state index contributed by atoms with van der Waals surface area (Å²) in [4.78, 5) is 12.0. The molecule has 1 aromatic carbocycles. The van der Waals surface area contributed by atoms with Crippen LogP contribution < -0.4 is 0 Å². The topological polar surface area (TPSA) is 31.2 Å². The fraction of sp³-hybridized carbons (Fsp3) is 0.286. The lowest BCUT2D eigenvalue weighted by Crippen LogP contribution is -2.05. The fourth-order valence-electron chi connectivity index (χ4n) is 2.92. The first-order chi connectivity index (χ1) is 11.7. The van der Waals surface area contributed by atoms with Gasteiger partial charge in [0.1, 0.15) is 0 Å². The minimum Gasteiger partial charge on any atom is -0.377 e. The van der Waals surface area contributed by atoms with Gasteiger partial charge < -0.3 is 9.30 Å². The number of aromatic nitrogens is 1. The summed E-state index contributed by atoms with van der Waals surface area (Å²) < 4.78 is 7.84. The third-order valence-electron chi connectivity index (χ3n) is 3.96. The second kappa shape index (κ2) is 9.04. The number of benzene rings is 1. The molecule has 0 aliphatic carbocycles. The predicted octanol–water partition coefficient (Wildman–Crippen LogP) is 4.86. The van der Waals surface area contributed by atoms with Crippen LogP contribution in [0.25, 0.3) is 10.9 Å². The van der Waals surface area contributed by atoms with Crippen LogP contribution >= 0.6 is 0 Å². The maximum Gasteiger partial charge on any atom is 0.162 e. The van der Waals surface area contributed by atoms with Crippen LogP contribution in [-0.4, -0.2) is 23.6 Å². The molecule has 0 saturated carbocycles. The summed E-state index contributed by atoms with van der Waals surface area (Å²) in [6, 6.07) is 8.09. The van der Waals surface area contributed by atoms with E-state index in [-0.39, 0.29) is 5.78 Å². The Kier molecular flexibility index (Phi) is 6.76. The van der Waals surface area contributed by atoms with E-state index in [0.29, 0.717) is 13.2 Å². The average Bonchev–Trinajstić information content (AvgIpc) is 2.85. The molecule has 1 heterocycles. The van der Waals surface area contributed by atoms with E-state index in [1.807, 2.05) is 49.4 Å². The summed E-state index contributed by atoms with van der Waals surface area (Å²) in [6.07, 6.45) is 10.4. The second-order valence-corrected chi connectivity index (χ2v) is 5.66. The molecule has 126 valence electrons. The van der Waals surface area contributed by atoms with Gasteiger partial charge in [-0.15, -0.1) is 0 Å². The van der Waals surface area contributed by atoms with Crippen LogP contribution in [-0.2, 0) is 11.3 Å². The summed E-state index contributed by atoms with van der Waals surface area (Å²) >= 11 is 0. The van der Waals surface area contributed by atoms with Gasteiger partial charge in [-0.2, -0.15) is 0 Å². The number of ether oxygens (including phenoxy) is 1. The van der Waals surface area contributed by atoms with Crippen LogP contribution in [0.4, 0.5) is 0 Å². The number of allylic oxidation sites excluding steroid dienone is 4. The van der Waals surface area contributed by atoms with Gasteiger partial charge in [0.15, 0.2) is 5.78 Å². The molecule has 0 saturated heterocycles. The molecule has 24 heavy (non-hydrogen) atoms. The Morgan fingerprint density at radius 3 is 2.79 bits per heavy atom. The zero-order valence-electron chi connectivity index (χ0n) is 14.5. The molecule has 0 unspecified atom stereocenters. The average molecular weight is 323 g/mol. The quantitative estimate of drug-likeness (QED) is 0.375. The highest BCUT2D eigenvalue weighted by Gasteiger charge is 2.16. The molecule has 2 rings (SSSR count). The molecule has 0 spiro atoms. The Morgan fingerprint density at radius 2 is 2.04 bits per heavy atom. The summed E-state index contributed by atoms with van der Waals surface area (Å²) in [5.41, 5.74) is 3.00.